The van der Waals surface area contributed by atoms with Crippen molar-refractivity contribution in [2.45, 2.75) is 109 Å². The average molecular weight is 572 g/mol. The fraction of sp³-hybridized carbons (Fsp3) is 0.410. The molecule has 0 fully saturated rings. The van der Waals surface area contributed by atoms with Gasteiger partial charge in [-0.2, -0.15) is 0 Å². The summed E-state index contributed by atoms with van der Waals surface area (Å²) in [5.74, 6) is 0. The van der Waals surface area contributed by atoms with Crippen LogP contribution in [0.2, 0.25) is 0 Å². The minimum Gasteiger partial charge on any atom is -0.264 e. The lowest BCUT2D eigenvalue weighted by Crippen LogP contribution is -2.01. The van der Waals surface area contributed by atoms with Gasteiger partial charge in [-0.15, -0.1) is 0 Å². The normalized spacial score (nSPS) is 9.52. The highest BCUT2D eigenvalue weighted by atomic mass is 14.6. The zero-order valence-corrected chi connectivity index (χ0v) is 29.0. The first-order chi connectivity index (χ1) is 20.9. The van der Waals surface area contributed by atoms with Crippen LogP contribution in [0.25, 0.3) is 21.7 Å². The van der Waals surface area contributed by atoms with Crippen molar-refractivity contribution in [3.63, 3.8) is 0 Å². The molecule has 3 aromatic heterocycles. The van der Waals surface area contributed by atoms with Gasteiger partial charge in [-0.1, -0.05) is 132 Å². The van der Waals surface area contributed by atoms with Crippen LogP contribution >= 0.6 is 0 Å². The van der Waals surface area contributed by atoms with Crippen LogP contribution in [0.15, 0.2) is 104 Å². The van der Waals surface area contributed by atoms with Crippen molar-refractivity contribution in [1.29, 1.82) is 0 Å². The molecule has 0 radical (unpaired) electrons. The summed E-state index contributed by atoms with van der Waals surface area (Å²) in [5.41, 5.74) is 4.04. The summed E-state index contributed by atoms with van der Waals surface area (Å²) in [6.07, 6.45) is 14.6. The molecule has 2 aromatic carbocycles. The predicted octanol–water partition coefficient (Wildman–Crippen LogP) is 12.6. The zero-order valence-electron chi connectivity index (χ0n) is 29.0. The van der Waals surface area contributed by atoms with Gasteiger partial charge in [-0.3, -0.25) is 15.0 Å². The lowest BCUT2D eigenvalue weighted by molar-refractivity contribution is 0.682. The third-order valence-electron chi connectivity index (χ3n) is 5.21. The monoisotopic (exact) mass is 571 g/mol. The SMILES string of the molecule is CC.CC.CC.CC.CC.CC.c1cc2c(cn1)CCCC2.c1ccc2cnccc2c1.c1ccc2ncccc2c1. The van der Waals surface area contributed by atoms with Crippen LogP contribution in [-0.4, -0.2) is 15.0 Å². The van der Waals surface area contributed by atoms with E-state index in [9.17, 15) is 0 Å². The number of hydrogen-bond acceptors (Lipinski definition) is 3. The second-order valence-corrected chi connectivity index (χ2v) is 7.27. The first-order valence-corrected chi connectivity index (χ1v) is 16.4. The molecule has 42 heavy (non-hydrogen) atoms. The number of benzene rings is 2. The largest absolute Gasteiger partial charge is 0.264 e. The summed E-state index contributed by atoms with van der Waals surface area (Å²) in [7, 11) is 0. The van der Waals surface area contributed by atoms with Gasteiger partial charge in [0, 0.05) is 36.4 Å². The highest BCUT2D eigenvalue weighted by Gasteiger charge is 2.06. The second-order valence-electron chi connectivity index (χ2n) is 7.27. The van der Waals surface area contributed by atoms with E-state index in [0.717, 1.165) is 5.52 Å². The first kappa shape index (κ1) is 42.9. The number of para-hydroxylation sites is 1. The Labute approximate surface area is 259 Å². The van der Waals surface area contributed by atoms with Gasteiger partial charge in [-0.25, -0.2) is 0 Å². The Hall–Kier alpha value is -3.59. The van der Waals surface area contributed by atoms with Crippen molar-refractivity contribution in [3.8, 4) is 0 Å². The highest BCUT2D eigenvalue weighted by Crippen LogP contribution is 2.18. The molecule has 1 aliphatic rings. The maximum absolute atomic E-state index is 4.18. The van der Waals surface area contributed by atoms with Crippen LogP contribution in [0.3, 0.4) is 0 Å². The van der Waals surface area contributed by atoms with Crippen molar-refractivity contribution < 1.29 is 0 Å². The van der Waals surface area contributed by atoms with Gasteiger partial charge in [0.1, 0.15) is 0 Å². The maximum Gasteiger partial charge on any atom is 0.0701 e. The number of rotatable bonds is 0. The summed E-state index contributed by atoms with van der Waals surface area (Å²) < 4.78 is 0. The van der Waals surface area contributed by atoms with E-state index in [-0.39, 0.29) is 0 Å². The van der Waals surface area contributed by atoms with Crippen molar-refractivity contribution >= 4 is 21.7 Å². The van der Waals surface area contributed by atoms with Gasteiger partial charge < -0.3 is 0 Å². The Morgan fingerprint density at radius 1 is 0.405 bits per heavy atom. The topological polar surface area (TPSA) is 38.7 Å². The standard InChI is InChI=1S/C9H7N.C9H11N.C9H7N.6C2H6/c1-2-6-9-8(4-1)5-3-7-10-9;2*1-2-4-9-7-10-6-5-8(9)3-1;6*1-2/h1-7H;5-7H,1-4H2;1-7H;6*1-2H3. The van der Waals surface area contributed by atoms with E-state index in [1.165, 1.54) is 53.0 Å². The Kier molecular flexibility index (Phi) is 34.3. The number of nitrogens with zero attached hydrogens (tertiary/aromatic N) is 3. The molecule has 0 atom stereocenters. The number of pyridine rings is 3. The molecule has 0 saturated carbocycles. The van der Waals surface area contributed by atoms with Crippen molar-refractivity contribution in [3.05, 3.63) is 115 Å². The first-order valence-electron chi connectivity index (χ1n) is 16.4. The van der Waals surface area contributed by atoms with E-state index in [1.54, 1.807) is 0 Å². The summed E-state index contributed by atoms with van der Waals surface area (Å²) in [6.45, 7) is 24.0. The number of hydrogen-bond donors (Lipinski definition) is 0. The van der Waals surface area contributed by atoms with Gasteiger partial charge in [0.15, 0.2) is 0 Å². The van der Waals surface area contributed by atoms with E-state index in [4.69, 9.17) is 0 Å². The van der Waals surface area contributed by atoms with Crippen molar-refractivity contribution in [2.24, 2.45) is 0 Å². The van der Waals surface area contributed by atoms with Crippen LogP contribution in [0.5, 0.6) is 0 Å². The molecule has 3 heterocycles. The molecule has 0 N–H and O–H groups in total. The average Bonchev–Trinajstić information content (AvgIpc) is 3.14. The summed E-state index contributed by atoms with van der Waals surface area (Å²) >= 11 is 0. The molecule has 3 heteroatoms. The molecular weight excluding hydrogens is 510 g/mol. The Bertz CT molecular complexity index is 991. The van der Waals surface area contributed by atoms with E-state index >= 15 is 0 Å². The van der Waals surface area contributed by atoms with E-state index in [2.05, 4.69) is 45.3 Å². The van der Waals surface area contributed by atoms with Gasteiger partial charge in [-0.05, 0) is 71.8 Å². The molecule has 5 aromatic rings. The molecule has 0 saturated heterocycles. The predicted molar refractivity (Wildman–Crippen MR) is 192 cm³/mol. The van der Waals surface area contributed by atoms with Crippen LogP contribution in [0.1, 0.15) is 107 Å². The van der Waals surface area contributed by atoms with E-state index < -0.39 is 0 Å². The second kappa shape index (κ2) is 33.6. The molecule has 0 spiro atoms. The third-order valence-corrected chi connectivity index (χ3v) is 5.21. The fourth-order valence-electron chi connectivity index (χ4n) is 3.60. The Morgan fingerprint density at radius 3 is 1.45 bits per heavy atom. The molecule has 0 aliphatic heterocycles. The van der Waals surface area contributed by atoms with E-state index in [0.29, 0.717) is 0 Å². The molecule has 0 bridgehead atoms. The van der Waals surface area contributed by atoms with Crippen LogP contribution in [0, 0.1) is 0 Å². The maximum atomic E-state index is 4.18. The van der Waals surface area contributed by atoms with Gasteiger partial charge in [0.05, 0.1) is 5.52 Å². The van der Waals surface area contributed by atoms with Crippen LogP contribution < -0.4 is 0 Å². The summed E-state index contributed by atoms with van der Waals surface area (Å²) in [4.78, 5) is 12.3. The van der Waals surface area contributed by atoms with Gasteiger partial charge in [0.2, 0.25) is 0 Å². The molecule has 232 valence electrons. The fourth-order valence-corrected chi connectivity index (χ4v) is 3.60. The number of fused-ring (bicyclic) bond motifs is 3. The molecule has 0 amide bonds. The highest BCUT2D eigenvalue weighted by molar-refractivity contribution is 5.81. The minimum atomic E-state index is 1.06. The van der Waals surface area contributed by atoms with Crippen molar-refractivity contribution in [1.82, 2.24) is 15.0 Å². The van der Waals surface area contributed by atoms with E-state index in [1.807, 2.05) is 157 Å². The molecule has 1 aliphatic carbocycles. The third kappa shape index (κ3) is 18.0. The lowest BCUT2D eigenvalue weighted by atomic mass is 9.94. The zero-order chi connectivity index (χ0) is 32.4. The molecule has 0 unspecified atom stereocenters. The lowest BCUT2D eigenvalue weighted by Gasteiger charge is -2.13. The smallest absolute Gasteiger partial charge is 0.0701 e. The summed E-state index contributed by atoms with van der Waals surface area (Å²) in [6, 6.07) is 24.4. The number of aryl methyl sites for hydroxylation is 2. The minimum absolute atomic E-state index is 1.06. The Balaban J connectivity index is -0.000000461. The quantitative estimate of drug-likeness (QED) is 0.185. The molecular formula is C39H61N3. The Morgan fingerprint density at radius 2 is 0.881 bits per heavy atom. The van der Waals surface area contributed by atoms with Gasteiger partial charge >= 0.3 is 0 Å². The molecule has 6 rings (SSSR count). The van der Waals surface area contributed by atoms with Crippen LogP contribution in [0.4, 0.5) is 0 Å². The summed E-state index contributed by atoms with van der Waals surface area (Å²) in [5, 5.41) is 3.65. The van der Waals surface area contributed by atoms with Gasteiger partial charge in [0.25, 0.3) is 0 Å². The number of aromatic nitrogens is 3. The van der Waals surface area contributed by atoms with Crippen LogP contribution in [-0.2, 0) is 12.8 Å². The molecule has 3 nitrogen and oxygen atoms in total. The van der Waals surface area contributed by atoms with Crippen molar-refractivity contribution in [2.75, 3.05) is 0 Å².